The van der Waals surface area contributed by atoms with Gasteiger partial charge in [-0.1, -0.05) is 13.8 Å². The van der Waals surface area contributed by atoms with Crippen molar-refractivity contribution in [2.75, 3.05) is 19.6 Å². The van der Waals surface area contributed by atoms with Crippen LogP contribution in [0.3, 0.4) is 0 Å². The van der Waals surface area contributed by atoms with Gasteiger partial charge in [0, 0.05) is 6.54 Å². The van der Waals surface area contributed by atoms with Gasteiger partial charge in [-0.3, -0.25) is 4.79 Å². The molecule has 2 saturated heterocycles. The summed E-state index contributed by atoms with van der Waals surface area (Å²) < 4.78 is 5.97. The van der Waals surface area contributed by atoms with Crippen LogP contribution in [0.5, 0.6) is 0 Å². The molecule has 0 aliphatic carbocycles. The number of piperidine rings is 1. The number of hydrogen-bond acceptors (Lipinski definition) is 3. The summed E-state index contributed by atoms with van der Waals surface area (Å²) in [7, 11) is 0. The van der Waals surface area contributed by atoms with Crippen LogP contribution in [0.1, 0.15) is 54.4 Å². The van der Waals surface area contributed by atoms with Crippen LogP contribution in [0.15, 0.2) is 0 Å². The molecule has 0 amide bonds. The lowest BCUT2D eigenvalue weighted by atomic mass is 9.81. The van der Waals surface area contributed by atoms with Gasteiger partial charge >= 0.3 is 0 Å². The second kappa shape index (κ2) is 4.56. The molecular formula is C16H29NO2. The van der Waals surface area contributed by atoms with Crippen molar-refractivity contribution in [2.24, 2.45) is 11.3 Å². The number of rotatable bonds is 2. The molecule has 2 aliphatic rings. The van der Waals surface area contributed by atoms with E-state index in [1.54, 1.807) is 0 Å². The largest absolute Gasteiger partial charge is 0.361 e. The number of ether oxygens (including phenoxy) is 1. The van der Waals surface area contributed by atoms with E-state index in [-0.39, 0.29) is 17.3 Å². The fourth-order valence-corrected chi connectivity index (χ4v) is 3.42. The minimum absolute atomic E-state index is 0.00344. The van der Waals surface area contributed by atoms with Crippen LogP contribution in [0, 0.1) is 11.3 Å². The average Bonchev–Trinajstić information content (AvgIpc) is 2.39. The van der Waals surface area contributed by atoms with Gasteiger partial charge in [0.05, 0.1) is 11.5 Å². The Labute approximate surface area is 117 Å². The first-order valence-electron chi connectivity index (χ1n) is 7.50. The molecule has 1 atom stereocenters. The molecule has 0 radical (unpaired) electrons. The first kappa shape index (κ1) is 15.0. The maximum Gasteiger partial charge on any atom is 0.171 e. The molecule has 0 N–H and O–H groups in total. The molecule has 3 heteroatoms. The van der Waals surface area contributed by atoms with Gasteiger partial charge in [-0.2, -0.15) is 0 Å². The minimum atomic E-state index is -0.622. The molecule has 0 bridgehead atoms. The Bertz CT molecular complexity index is 361. The third kappa shape index (κ3) is 3.03. The van der Waals surface area contributed by atoms with Gasteiger partial charge in [0.25, 0.3) is 0 Å². The lowest BCUT2D eigenvalue weighted by Crippen LogP contribution is -2.45. The summed E-state index contributed by atoms with van der Waals surface area (Å²) in [5, 5.41) is 0. The fraction of sp³-hybridized carbons (Fsp3) is 0.938. The molecule has 1 unspecified atom stereocenters. The number of ketones is 1. The molecule has 2 aliphatic heterocycles. The summed E-state index contributed by atoms with van der Waals surface area (Å²) in [6, 6.07) is 0. The van der Waals surface area contributed by atoms with Crippen molar-refractivity contribution >= 4 is 5.78 Å². The highest BCUT2D eigenvalue weighted by Crippen LogP contribution is 2.40. The number of carbonyl (C=O) groups excluding carboxylic acids is 1. The molecule has 2 fully saturated rings. The third-order valence-electron chi connectivity index (χ3n) is 4.92. The molecule has 0 aromatic carbocycles. The predicted molar refractivity (Wildman–Crippen MR) is 77.2 cm³/mol. The van der Waals surface area contributed by atoms with Crippen molar-refractivity contribution in [1.29, 1.82) is 0 Å². The smallest absolute Gasteiger partial charge is 0.171 e. The van der Waals surface area contributed by atoms with E-state index in [1.165, 1.54) is 12.8 Å². The number of likely N-dealkylation sites (tertiary alicyclic amines) is 1. The fourth-order valence-electron chi connectivity index (χ4n) is 3.42. The van der Waals surface area contributed by atoms with E-state index in [2.05, 4.69) is 32.6 Å². The number of nitrogens with zero attached hydrogens (tertiary/aromatic N) is 1. The quantitative estimate of drug-likeness (QED) is 0.770. The Kier molecular flexibility index (Phi) is 3.60. The number of carbonyl (C=O) groups is 1. The van der Waals surface area contributed by atoms with Crippen LogP contribution in [0.4, 0.5) is 0 Å². The highest BCUT2D eigenvalue weighted by atomic mass is 16.5. The van der Waals surface area contributed by atoms with Crippen molar-refractivity contribution in [2.45, 2.75) is 65.6 Å². The average molecular weight is 267 g/mol. The topological polar surface area (TPSA) is 29.5 Å². The van der Waals surface area contributed by atoms with Crippen LogP contribution in [0.25, 0.3) is 0 Å². The highest BCUT2D eigenvalue weighted by Gasteiger charge is 2.53. The second-order valence-electron chi connectivity index (χ2n) is 8.10. The SMILES string of the molecule is CC1(C)CCN(CC2C(=O)C(C)(C)OC2(C)C)CC1. The van der Waals surface area contributed by atoms with Gasteiger partial charge < -0.3 is 9.64 Å². The summed E-state index contributed by atoms with van der Waals surface area (Å²) in [4.78, 5) is 14.9. The van der Waals surface area contributed by atoms with E-state index in [1.807, 2.05) is 13.8 Å². The zero-order valence-corrected chi connectivity index (χ0v) is 13.4. The zero-order valence-electron chi connectivity index (χ0n) is 13.4. The molecule has 2 heterocycles. The normalized spacial score (nSPS) is 33.6. The Balaban J connectivity index is 2.01. The van der Waals surface area contributed by atoms with Crippen molar-refractivity contribution in [1.82, 2.24) is 4.90 Å². The Morgan fingerprint density at radius 2 is 1.63 bits per heavy atom. The molecule has 0 spiro atoms. The first-order chi connectivity index (χ1) is 8.54. The third-order valence-corrected chi connectivity index (χ3v) is 4.92. The summed E-state index contributed by atoms with van der Waals surface area (Å²) in [6.07, 6.45) is 2.44. The monoisotopic (exact) mass is 267 g/mol. The standard InChI is InChI=1S/C16H29NO2/c1-14(2)7-9-17(10-8-14)11-12-13(18)16(5,6)19-15(12,3)4/h12H,7-11H2,1-6H3. The zero-order chi connectivity index (χ0) is 14.5. The van der Waals surface area contributed by atoms with Crippen molar-refractivity contribution in [3.8, 4) is 0 Å². The van der Waals surface area contributed by atoms with Crippen LogP contribution in [-0.2, 0) is 9.53 Å². The molecule has 110 valence electrons. The minimum Gasteiger partial charge on any atom is -0.361 e. The lowest BCUT2D eigenvalue weighted by molar-refractivity contribution is -0.132. The highest BCUT2D eigenvalue weighted by molar-refractivity contribution is 5.91. The molecule has 19 heavy (non-hydrogen) atoms. The van der Waals surface area contributed by atoms with E-state index in [0.717, 1.165) is 19.6 Å². The maximum atomic E-state index is 12.5. The Morgan fingerprint density at radius 1 is 1.11 bits per heavy atom. The first-order valence-corrected chi connectivity index (χ1v) is 7.50. The molecule has 2 rings (SSSR count). The summed E-state index contributed by atoms with van der Waals surface area (Å²) in [6.45, 7) is 15.6. The van der Waals surface area contributed by atoms with Crippen molar-refractivity contribution in [3.05, 3.63) is 0 Å². The van der Waals surface area contributed by atoms with Crippen molar-refractivity contribution in [3.63, 3.8) is 0 Å². The van der Waals surface area contributed by atoms with Gasteiger partial charge in [-0.15, -0.1) is 0 Å². The molecule has 0 aromatic heterocycles. The van der Waals surface area contributed by atoms with E-state index < -0.39 is 5.60 Å². The molecule has 0 aromatic rings. The second-order valence-corrected chi connectivity index (χ2v) is 8.10. The van der Waals surface area contributed by atoms with Gasteiger partial charge in [0.1, 0.15) is 5.60 Å². The number of hydrogen-bond donors (Lipinski definition) is 0. The number of Topliss-reactive ketones (excluding diaryl/α,β-unsaturated/α-hetero) is 1. The van der Waals surface area contributed by atoms with E-state index >= 15 is 0 Å². The van der Waals surface area contributed by atoms with Crippen LogP contribution < -0.4 is 0 Å². The van der Waals surface area contributed by atoms with Crippen LogP contribution in [-0.4, -0.2) is 41.5 Å². The Hall–Kier alpha value is -0.410. The summed E-state index contributed by atoms with van der Waals surface area (Å²) in [5.74, 6) is 0.269. The van der Waals surface area contributed by atoms with Gasteiger partial charge in [-0.25, -0.2) is 0 Å². The van der Waals surface area contributed by atoms with Gasteiger partial charge in [0.15, 0.2) is 5.78 Å². The van der Waals surface area contributed by atoms with Gasteiger partial charge in [0.2, 0.25) is 0 Å². The van der Waals surface area contributed by atoms with E-state index in [4.69, 9.17) is 4.74 Å². The van der Waals surface area contributed by atoms with Crippen LogP contribution >= 0.6 is 0 Å². The lowest BCUT2D eigenvalue weighted by Gasteiger charge is -2.39. The van der Waals surface area contributed by atoms with E-state index in [0.29, 0.717) is 5.41 Å². The molecule has 3 nitrogen and oxygen atoms in total. The predicted octanol–water partition coefficient (Wildman–Crippen LogP) is 2.88. The summed E-state index contributed by atoms with van der Waals surface area (Å²) >= 11 is 0. The maximum absolute atomic E-state index is 12.5. The molecular weight excluding hydrogens is 238 g/mol. The summed E-state index contributed by atoms with van der Waals surface area (Å²) in [5.41, 5.74) is -0.502. The van der Waals surface area contributed by atoms with Crippen LogP contribution in [0.2, 0.25) is 0 Å². The van der Waals surface area contributed by atoms with E-state index in [9.17, 15) is 4.79 Å². The Morgan fingerprint density at radius 3 is 2.05 bits per heavy atom. The molecule has 0 saturated carbocycles. The van der Waals surface area contributed by atoms with Crippen molar-refractivity contribution < 1.29 is 9.53 Å². The van der Waals surface area contributed by atoms with Gasteiger partial charge in [-0.05, 0) is 59.0 Å².